The molecule has 4 aromatic rings. The van der Waals surface area contributed by atoms with E-state index in [4.69, 9.17) is 9.72 Å². The second-order valence-corrected chi connectivity index (χ2v) is 7.69. The second-order valence-electron chi connectivity index (χ2n) is 7.69. The highest BCUT2D eigenvalue weighted by atomic mass is 19.1. The average Bonchev–Trinajstić information content (AvgIpc) is 2.86. The molecular weight excluding hydrogens is 438 g/mol. The molecule has 4 rings (SSSR count). The van der Waals surface area contributed by atoms with Crippen molar-refractivity contribution in [2.24, 2.45) is 0 Å². The average molecular weight is 460 g/mol. The summed E-state index contributed by atoms with van der Waals surface area (Å²) >= 11 is 0. The molecule has 0 bridgehead atoms. The minimum Gasteiger partial charge on any atom is -0.469 e. The fraction of sp³-hybridized carbons (Fsp3) is 0.148. The SMILES string of the molecule is CNC(=O)c1c(CCC(=O)OC)c(-c2ccc(-c3ccccc3F)cc2)nc2ccc(F)cc12. The van der Waals surface area contributed by atoms with E-state index in [1.54, 1.807) is 42.5 Å². The minimum atomic E-state index is -0.500. The summed E-state index contributed by atoms with van der Waals surface area (Å²) in [7, 11) is 2.78. The van der Waals surface area contributed by atoms with Gasteiger partial charge in [0.25, 0.3) is 5.91 Å². The predicted molar refractivity (Wildman–Crippen MR) is 126 cm³/mol. The predicted octanol–water partition coefficient (Wildman–Crippen LogP) is 5.31. The summed E-state index contributed by atoms with van der Waals surface area (Å²) in [6.45, 7) is 0. The van der Waals surface area contributed by atoms with Gasteiger partial charge in [-0.1, -0.05) is 42.5 Å². The molecule has 1 aromatic heterocycles. The van der Waals surface area contributed by atoms with Crippen molar-refractivity contribution in [3.8, 4) is 22.4 Å². The number of hydrogen-bond acceptors (Lipinski definition) is 4. The Morgan fingerprint density at radius 2 is 1.68 bits per heavy atom. The number of benzene rings is 3. The first-order valence-corrected chi connectivity index (χ1v) is 10.7. The molecule has 0 unspecified atom stereocenters. The van der Waals surface area contributed by atoms with Gasteiger partial charge in [0, 0.05) is 30.0 Å². The molecule has 1 N–H and O–H groups in total. The van der Waals surface area contributed by atoms with Crippen LogP contribution in [0.4, 0.5) is 8.78 Å². The Morgan fingerprint density at radius 1 is 0.971 bits per heavy atom. The van der Waals surface area contributed by atoms with Crippen LogP contribution < -0.4 is 5.32 Å². The Labute approximate surface area is 195 Å². The van der Waals surface area contributed by atoms with E-state index in [1.807, 2.05) is 0 Å². The van der Waals surface area contributed by atoms with Gasteiger partial charge in [0.1, 0.15) is 11.6 Å². The number of carbonyl (C=O) groups is 2. The van der Waals surface area contributed by atoms with Crippen LogP contribution in [0, 0.1) is 11.6 Å². The molecule has 3 aromatic carbocycles. The van der Waals surface area contributed by atoms with Crippen molar-refractivity contribution in [1.82, 2.24) is 10.3 Å². The summed E-state index contributed by atoms with van der Waals surface area (Å²) in [4.78, 5) is 29.5. The third-order valence-corrected chi connectivity index (χ3v) is 5.65. The first-order valence-electron chi connectivity index (χ1n) is 10.7. The lowest BCUT2D eigenvalue weighted by Gasteiger charge is -2.17. The molecule has 0 aliphatic carbocycles. The Balaban J connectivity index is 1.91. The molecule has 5 nitrogen and oxygen atoms in total. The molecule has 0 spiro atoms. The number of hydrogen-bond donors (Lipinski definition) is 1. The van der Waals surface area contributed by atoms with Crippen molar-refractivity contribution in [3.63, 3.8) is 0 Å². The van der Waals surface area contributed by atoms with Crippen molar-refractivity contribution in [2.45, 2.75) is 12.8 Å². The molecule has 0 aliphatic rings. The summed E-state index contributed by atoms with van der Waals surface area (Å²) in [5.41, 5.74) is 3.51. The molecule has 0 fully saturated rings. The van der Waals surface area contributed by atoms with E-state index in [0.717, 1.165) is 0 Å². The van der Waals surface area contributed by atoms with Crippen LogP contribution >= 0.6 is 0 Å². The van der Waals surface area contributed by atoms with Crippen molar-refractivity contribution in [3.05, 3.63) is 89.5 Å². The maximum atomic E-state index is 14.2. The number of nitrogens with zero attached hydrogens (tertiary/aromatic N) is 1. The number of halogens is 2. The Bertz CT molecular complexity index is 1390. The van der Waals surface area contributed by atoms with E-state index >= 15 is 0 Å². The number of methoxy groups -OCH3 is 1. The fourth-order valence-corrected chi connectivity index (χ4v) is 3.97. The molecule has 0 aliphatic heterocycles. The van der Waals surface area contributed by atoms with Gasteiger partial charge in [-0.3, -0.25) is 9.59 Å². The van der Waals surface area contributed by atoms with Crippen LogP contribution in [0.1, 0.15) is 22.3 Å². The Kier molecular flexibility index (Phi) is 6.63. The van der Waals surface area contributed by atoms with Crippen LogP contribution in [0.3, 0.4) is 0 Å². The van der Waals surface area contributed by atoms with Gasteiger partial charge in [0.2, 0.25) is 0 Å². The number of esters is 1. The van der Waals surface area contributed by atoms with Gasteiger partial charge in [-0.15, -0.1) is 0 Å². The van der Waals surface area contributed by atoms with E-state index in [9.17, 15) is 18.4 Å². The smallest absolute Gasteiger partial charge is 0.305 e. The molecule has 0 saturated carbocycles. The van der Waals surface area contributed by atoms with Crippen LogP contribution in [-0.2, 0) is 16.0 Å². The molecule has 1 amide bonds. The maximum Gasteiger partial charge on any atom is 0.305 e. The molecule has 0 radical (unpaired) electrons. The highest BCUT2D eigenvalue weighted by Crippen LogP contribution is 2.33. The largest absolute Gasteiger partial charge is 0.469 e. The number of carbonyl (C=O) groups excluding carboxylic acids is 2. The van der Waals surface area contributed by atoms with Crippen molar-refractivity contribution in [1.29, 1.82) is 0 Å². The van der Waals surface area contributed by atoms with Crippen LogP contribution in [0.5, 0.6) is 0 Å². The summed E-state index contributed by atoms with van der Waals surface area (Å²) in [5, 5.41) is 2.96. The number of rotatable bonds is 6. The van der Waals surface area contributed by atoms with E-state index in [0.29, 0.717) is 38.9 Å². The lowest BCUT2D eigenvalue weighted by Crippen LogP contribution is -2.21. The summed E-state index contributed by atoms with van der Waals surface area (Å²) in [5.74, 6) is -1.69. The van der Waals surface area contributed by atoms with Crippen LogP contribution in [0.15, 0.2) is 66.7 Å². The minimum absolute atomic E-state index is 0.0172. The number of pyridine rings is 1. The number of nitrogens with one attached hydrogen (secondary N) is 1. The second kappa shape index (κ2) is 9.79. The van der Waals surface area contributed by atoms with Gasteiger partial charge >= 0.3 is 5.97 Å². The number of ether oxygens (including phenoxy) is 1. The highest BCUT2D eigenvalue weighted by molar-refractivity contribution is 6.09. The summed E-state index contributed by atoms with van der Waals surface area (Å²) < 4.78 is 33.1. The zero-order chi connectivity index (χ0) is 24.2. The topological polar surface area (TPSA) is 68.3 Å². The zero-order valence-electron chi connectivity index (χ0n) is 18.7. The van der Waals surface area contributed by atoms with Gasteiger partial charge in [0.15, 0.2) is 0 Å². The zero-order valence-corrected chi connectivity index (χ0v) is 18.7. The Hall–Kier alpha value is -4.13. The summed E-state index contributed by atoms with van der Waals surface area (Å²) in [6, 6.07) is 17.7. The van der Waals surface area contributed by atoms with Gasteiger partial charge in [0.05, 0.1) is 23.9 Å². The van der Waals surface area contributed by atoms with Crippen LogP contribution in [0.2, 0.25) is 0 Å². The van der Waals surface area contributed by atoms with E-state index in [1.165, 1.54) is 38.4 Å². The number of fused-ring (bicyclic) bond motifs is 1. The third kappa shape index (κ3) is 4.50. The number of aromatic nitrogens is 1. The monoisotopic (exact) mass is 460 g/mol. The van der Waals surface area contributed by atoms with E-state index in [-0.39, 0.29) is 24.2 Å². The van der Waals surface area contributed by atoms with E-state index in [2.05, 4.69) is 5.32 Å². The molecule has 0 atom stereocenters. The van der Waals surface area contributed by atoms with Gasteiger partial charge in [-0.25, -0.2) is 13.8 Å². The van der Waals surface area contributed by atoms with Crippen molar-refractivity contribution in [2.75, 3.05) is 14.2 Å². The first kappa shape index (κ1) is 23.0. The lowest BCUT2D eigenvalue weighted by molar-refractivity contribution is -0.140. The molecule has 0 saturated heterocycles. The molecule has 172 valence electrons. The first-order chi connectivity index (χ1) is 16.4. The number of amides is 1. The molecule has 34 heavy (non-hydrogen) atoms. The summed E-state index contributed by atoms with van der Waals surface area (Å²) in [6.07, 6.45) is 0.183. The van der Waals surface area contributed by atoms with Crippen LogP contribution in [-0.4, -0.2) is 31.0 Å². The Morgan fingerprint density at radius 3 is 2.35 bits per heavy atom. The van der Waals surface area contributed by atoms with Gasteiger partial charge in [-0.2, -0.15) is 0 Å². The van der Waals surface area contributed by atoms with Gasteiger partial charge in [-0.05, 0) is 41.8 Å². The standard InChI is InChI=1S/C27H22F2N2O3/c1-30-27(33)25-20(12-14-24(32)34-2)26(31-23-13-11-18(28)15-21(23)25)17-9-7-16(8-10-17)19-5-3-4-6-22(19)29/h3-11,13,15H,12,14H2,1-2H3,(H,30,33). The highest BCUT2D eigenvalue weighted by Gasteiger charge is 2.22. The maximum absolute atomic E-state index is 14.2. The normalized spacial score (nSPS) is 10.8. The molecular formula is C27H22F2N2O3. The lowest BCUT2D eigenvalue weighted by atomic mass is 9.92. The fourth-order valence-electron chi connectivity index (χ4n) is 3.97. The third-order valence-electron chi connectivity index (χ3n) is 5.65. The quantitative estimate of drug-likeness (QED) is 0.396. The van der Waals surface area contributed by atoms with E-state index < -0.39 is 17.7 Å². The van der Waals surface area contributed by atoms with Crippen molar-refractivity contribution >= 4 is 22.8 Å². The van der Waals surface area contributed by atoms with Gasteiger partial charge < -0.3 is 10.1 Å². The van der Waals surface area contributed by atoms with Crippen LogP contribution in [0.25, 0.3) is 33.3 Å². The van der Waals surface area contributed by atoms with Crippen molar-refractivity contribution < 1.29 is 23.1 Å². The molecule has 1 heterocycles. The molecule has 7 heteroatoms.